The second-order valence-corrected chi connectivity index (χ2v) is 6.21. The van der Waals surface area contributed by atoms with Gasteiger partial charge in [-0.25, -0.2) is 4.98 Å². The first kappa shape index (κ1) is 15.1. The smallest absolute Gasteiger partial charge is 0.282 e. The molecule has 0 radical (unpaired) electrons. The van der Waals surface area contributed by atoms with Crippen molar-refractivity contribution >= 4 is 33.7 Å². The summed E-state index contributed by atoms with van der Waals surface area (Å²) in [6, 6.07) is 6.03. The fraction of sp³-hybridized carbons (Fsp3) is 0.125. The molecule has 6 nitrogen and oxygen atoms in total. The Morgan fingerprint density at radius 2 is 2.00 bits per heavy atom. The number of hydrogen-bond donors (Lipinski definition) is 0. The Kier molecular flexibility index (Phi) is 3.79. The fourth-order valence-corrected chi connectivity index (χ4v) is 3.13. The normalized spacial score (nSPS) is 11.4. The highest BCUT2D eigenvalue weighted by molar-refractivity contribution is 7.18. The van der Waals surface area contributed by atoms with Gasteiger partial charge < -0.3 is 9.90 Å². The lowest BCUT2D eigenvalue weighted by atomic mass is 10.1. The number of nitrogens with zero attached hydrogens (tertiary/aromatic N) is 3. The SMILES string of the molecule is Cc1sc2ncn(N=Cc3ccc(C(=O)[O-])cc3)c(=O)c2c1C. The van der Waals surface area contributed by atoms with Gasteiger partial charge in [0.15, 0.2) is 0 Å². The van der Waals surface area contributed by atoms with Crippen molar-refractivity contribution in [3.63, 3.8) is 0 Å². The maximum atomic E-state index is 12.5. The Morgan fingerprint density at radius 3 is 2.65 bits per heavy atom. The van der Waals surface area contributed by atoms with Crippen molar-refractivity contribution in [3.05, 3.63) is 62.5 Å². The summed E-state index contributed by atoms with van der Waals surface area (Å²) in [5.41, 5.74) is 1.46. The van der Waals surface area contributed by atoms with E-state index >= 15 is 0 Å². The van der Waals surface area contributed by atoms with E-state index in [9.17, 15) is 14.7 Å². The van der Waals surface area contributed by atoms with Crippen LogP contribution in [0.15, 0.2) is 40.5 Å². The lowest BCUT2D eigenvalue weighted by Crippen LogP contribution is -2.22. The number of aromatic nitrogens is 2. The largest absolute Gasteiger partial charge is 0.545 e. The number of aryl methyl sites for hydroxylation is 2. The first-order valence-electron chi connectivity index (χ1n) is 6.80. The fourth-order valence-electron chi connectivity index (χ4n) is 2.14. The van der Waals surface area contributed by atoms with Crippen LogP contribution in [0.25, 0.3) is 10.2 Å². The van der Waals surface area contributed by atoms with Crippen LogP contribution in [0.2, 0.25) is 0 Å². The van der Waals surface area contributed by atoms with Crippen LogP contribution >= 0.6 is 11.3 Å². The first-order valence-corrected chi connectivity index (χ1v) is 7.62. The third-order valence-corrected chi connectivity index (χ3v) is 4.67. The zero-order valence-electron chi connectivity index (χ0n) is 12.4. The van der Waals surface area contributed by atoms with Gasteiger partial charge in [0.25, 0.3) is 5.56 Å². The molecule has 0 amide bonds. The Labute approximate surface area is 135 Å². The van der Waals surface area contributed by atoms with Crippen molar-refractivity contribution in [2.45, 2.75) is 13.8 Å². The van der Waals surface area contributed by atoms with E-state index in [1.54, 1.807) is 12.1 Å². The molecule has 0 spiro atoms. The van der Waals surface area contributed by atoms with Crippen LogP contribution < -0.4 is 10.7 Å². The molecular weight excluding hydrogens is 314 g/mol. The summed E-state index contributed by atoms with van der Waals surface area (Å²) in [7, 11) is 0. The van der Waals surface area contributed by atoms with Crippen molar-refractivity contribution in [3.8, 4) is 0 Å². The van der Waals surface area contributed by atoms with Crippen molar-refractivity contribution in [2.75, 3.05) is 0 Å². The molecule has 116 valence electrons. The predicted molar refractivity (Wildman–Crippen MR) is 87.1 cm³/mol. The standard InChI is InChI=1S/C16H13N3O3S/c1-9-10(2)23-14-13(9)15(20)19(8-17-14)18-7-11-3-5-12(6-4-11)16(21)22/h3-8H,1-2H3,(H,21,22)/p-1. The molecule has 0 bridgehead atoms. The second-order valence-electron chi connectivity index (χ2n) is 5.01. The Bertz CT molecular complexity index is 984. The molecule has 0 fully saturated rings. The number of rotatable bonds is 3. The molecule has 0 aliphatic carbocycles. The van der Waals surface area contributed by atoms with Crippen molar-refractivity contribution in [1.82, 2.24) is 9.66 Å². The van der Waals surface area contributed by atoms with Crippen molar-refractivity contribution in [1.29, 1.82) is 0 Å². The number of carboxylic acids is 1. The van der Waals surface area contributed by atoms with Gasteiger partial charge in [0, 0.05) is 4.88 Å². The number of aromatic carboxylic acids is 1. The molecule has 2 heterocycles. The highest BCUT2D eigenvalue weighted by Gasteiger charge is 2.11. The van der Waals surface area contributed by atoms with E-state index in [1.807, 2.05) is 13.8 Å². The van der Waals surface area contributed by atoms with Crippen molar-refractivity contribution in [2.24, 2.45) is 5.10 Å². The second kappa shape index (κ2) is 5.77. The maximum Gasteiger partial charge on any atom is 0.282 e. The third kappa shape index (κ3) is 2.78. The van der Waals surface area contributed by atoms with Crippen LogP contribution in [0, 0.1) is 13.8 Å². The molecule has 7 heteroatoms. The number of carboxylic acid groups (broad SMARTS) is 1. The molecule has 0 saturated carbocycles. The maximum absolute atomic E-state index is 12.5. The van der Waals surface area contributed by atoms with Gasteiger partial charge in [-0.2, -0.15) is 9.78 Å². The van der Waals surface area contributed by atoms with E-state index in [0.717, 1.165) is 10.4 Å². The summed E-state index contributed by atoms with van der Waals surface area (Å²) in [6.45, 7) is 3.84. The molecule has 0 atom stereocenters. The van der Waals surface area contributed by atoms with Gasteiger partial charge in [-0.1, -0.05) is 24.3 Å². The first-order chi connectivity index (χ1) is 11.0. The molecule has 3 rings (SSSR count). The number of thiophene rings is 1. The van der Waals surface area contributed by atoms with E-state index in [2.05, 4.69) is 10.1 Å². The molecule has 0 N–H and O–H groups in total. The van der Waals surface area contributed by atoms with Crippen LogP contribution in [-0.2, 0) is 0 Å². The van der Waals surface area contributed by atoms with E-state index in [1.165, 1.54) is 40.7 Å². The minimum absolute atomic E-state index is 0.0896. The molecule has 3 aromatic rings. The van der Waals surface area contributed by atoms with Crippen LogP contribution in [-0.4, -0.2) is 21.8 Å². The number of hydrogen-bond acceptors (Lipinski definition) is 6. The van der Waals surface area contributed by atoms with Crippen LogP contribution in [0.3, 0.4) is 0 Å². The average molecular weight is 326 g/mol. The number of fused-ring (bicyclic) bond motifs is 1. The molecule has 1 aromatic carbocycles. The topological polar surface area (TPSA) is 87.4 Å². The molecule has 0 unspecified atom stereocenters. The van der Waals surface area contributed by atoms with Crippen LogP contribution in [0.5, 0.6) is 0 Å². The lowest BCUT2D eigenvalue weighted by Gasteiger charge is -2.02. The predicted octanol–water partition coefficient (Wildman–Crippen LogP) is 1.32. The van der Waals surface area contributed by atoms with E-state index in [4.69, 9.17) is 0 Å². The highest BCUT2D eigenvalue weighted by Crippen LogP contribution is 2.25. The molecule has 0 aliphatic rings. The zero-order valence-corrected chi connectivity index (χ0v) is 13.3. The number of benzene rings is 1. The van der Waals surface area contributed by atoms with Gasteiger partial charge in [-0.15, -0.1) is 11.3 Å². The van der Waals surface area contributed by atoms with Gasteiger partial charge in [-0.3, -0.25) is 4.79 Å². The van der Waals surface area contributed by atoms with Crippen LogP contribution in [0.1, 0.15) is 26.4 Å². The Balaban J connectivity index is 1.98. The molecule has 0 saturated heterocycles. The van der Waals surface area contributed by atoms with Gasteiger partial charge in [0.1, 0.15) is 11.2 Å². The molecular formula is C16H12N3O3S-. The quantitative estimate of drug-likeness (QED) is 0.679. The minimum atomic E-state index is -1.23. The summed E-state index contributed by atoms with van der Waals surface area (Å²) in [5, 5.41) is 15.4. The Morgan fingerprint density at radius 1 is 1.30 bits per heavy atom. The van der Waals surface area contributed by atoms with E-state index in [-0.39, 0.29) is 11.1 Å². The summed E-state index contributed by atoms with van der Waals surface area (Å²) in [6.07, 6.45) is 2.86. The molecule has 23 heavy (non-hydrogen) atoms. The zero-order chi connectivity index (χ0) is 16.6. The summed E-state index contributed by atoms with van der Waals surface area (Å²) in [5.74, 6) is -1.23. The summed E-state index contributed by atoms with van der Waals surface area (Å²) < 4.78 is 1.17. The van der Waals surface area contributed by atoms with E-state index < -0.39 is 5.97 Å². The highest BCUT2D eigenvalue weighted by atomic mass is 32.1. The lowest BCUT2D eigenvalue weighted by molar-refractivity contribution is -0.255. The number of carbonyl (C=O) groups is 1. The van der Waals surface area contributed by atoms with Gasteiger partial charge in [-0.05, 0) is 30.5 Å². The van der Waals surface area contributed by atoms with Gasteiger partial charge in [0.05, 0.1) is 17.6 Å². The molecule has 2 aromatic heterocycles. The summed E-state index contributed by atoms with van der Waals surface area (Å²) >= 11 is 1.48. The molecule has 0 aliphatic heterocycles. The van der Waals surface area contributed by atoms with Gasteiger partial charge in [0.2, 0.25) is 0 Å². The average Bonchev–Trinajstić information content (AvgIpc) is 2.82. The Hall–Kier alpha value is -2.80. The number of carbonyl (C=O) groups excluding carboxylic acids is 1. The van der Waals surface area contributed by atoms with E-state index in [0.29, 0.717) is 15.8 Å². The van der Waals surface area contributed by atoms with Crippen molar-refractivity contribution < 1.29 is 9.90 Å². The van der Waals surface area contributed by atoms with Crippen LogP contribution in [0.4, 0.5) is 0 Å². The minimum Gasteiger partial charge on any atom is -0.545 e. The third-order valence-electron chi connectivity index (χ3n) is 3.55. The van der Waals surface area contributed by atoms with Gasteiger partial charge >= 0.3 is 0 Å². The summed E-state index contributed by atoms with van der Waals surface area (Å²) in [4.78, 5) is 29.2. The monoisotopic (exact) mass is 326 g/mol.